The van der Waals surface area contributed by atoms with Crippen molar-refractivity contribution in [2.45, 2.75) is 0 Å². The van der Waals surface area contributed by atoms with Crippen LogP contribution < -0.4 is 20.7 Å². The number of benzene rings is 10. The maximum absolute atomic E-state index is 2.69. The number of thiophene rings is 1. The van der Waals surface area contributed by atoms with Crippen molar-refractivity contribution in [1.29, 1.82) is 0 Å². The van der Waals surface area contributed by atoms with Gasteiger partial charge < -0.3 is 9.13 Å². The van der Waals surface area contributed by atoms with Crippen LogP contribution in [0.2, 0.25) is 0 Å². The second kappa shape index (κ2) is 14.7. The summed E-state index contributed by atoms with van der Waals surface area (Å²) in [5.41, 5.74) is 9.52. The molecule has 13 rings (SSSR count). The Kier molecular flexibility index (Phi) is 8.45. The van der Waals surface area contributed by atoms with Gasteiger partial charge in [0, 0.05) is 47.4 Å². The van der Waals surface area contributed by atoms with Crippen LogP contribution in [0.4, 0.5) is 0 Å². The first-order valence-corrected chi connectivity index (χ1v) is 24.8. The summed E-state index contributed by atoms with van der Waals surface area (Å²) >= 11 is 1.87. The molecule has 0 unspecified atom stereocenters. The fourth-order valence-electron chi connectivity index (χ4n) is 10.7. The molecule has 0 bridgehead atoms. The Balaban J connectivity index is 1.02. The highest BCUT2D eigenvalue weighted by atomic mass is 32.1. The molecule has 0 spiro atoms. The minimum absolute atomic E-state index is 1.14. The first-order chi connectivity index (χ1) is 31.8. The zero-order chi connectivity index (χ0) is 42.2. The zero-order valence-electron chi connectivity index (χ0n) is 34.9. The monoisotopic (exact) mass is 848 g/mol. The summed E-state index contributed by atoms with van der Waals surface area (Å²) in [6, 6.07) is 90.4. The summed E-state index contributed by atoms with van der Waals surface area (Å²) in [6.45, 7) is 0. The number of hydrogen-bond donors (Lipinski definition) is 0. The molecule has 0 amide bonds. The van der Waals surface area contributed by atoms with Crippen molar-refractivity contribution in [2.24, 2.45) is 0 Å². The summed E-state index contributed by atoms with van der Waals surface area (Å²) in [6.07, 6.45) is 0. The van der Waals surface area contributed by atoms with Gasteiger partial charge >= 0.3 is 0 Å². The molecular weight excluding hydrogens is 809 g/mol. The van der Waals surface area contributed by atoms with Crippen molar-refractivity contribution in [3.63, 3.8) is 0 Å². The van der Waals surface area contributed by atoms with Crippen LogP contribution in [0.5, 0.6) is 0 Å². The Bertz CT molecular complexity index is 3790. The second-order valence-electron chi connectivity index (χ2n) is 16.8. The van der Waals surface area contributed by atoms with Crippen LogP contribution in [0.25, 0.3) is 86.3 Å². The molecule has 0 N–H and O–H groups in total. The summed E-state index contributed by atoms with van der Waals surface area (Å²) in [5.74, 6) is 0. The molecule has 0 saturated heterocycles. The molecule has 300 valence electrons. The molecule has 0 atom stereocenters. The molecule has 0 aliphatic heterocycles. The molecule has 4 heteroatoms. The number of hydrogen-bond acceptors (Lipinski definition) is 1. The first kappa shape index (κ1) is 36.9. The average molecular weight is 849 g/mol. The average Bonchev–Trinajstić information content (AvgIpc) is 4.03. The lowest BCUT2D eigenvalue weighted by Gasteiger charge is -2.34. The minimum Gasteiger partial charge on any atom is -0.307 e. The molecule has 2 nitrogen and oxygen atoms in total. The third-order valence-corrected chi connectivity index (χ3v) is 19.4. The van der Waals surface area contributed by atoms with E-state index in [0.717, 1.165) is 11.4 Å². The van der Waals surface area contributed by atoms with E-state index < -0.39 is 8.07 Å². The van der Waals surface area contributed by atoms with Gasteiger partial charge in [0.15, 0.2) is 8.07 Å². The summed E-state index contributed by atoms with van der Waals surface area (Å²) in [7, 11) is -2.69. The van der Waals surface area contributed by atoms with Crippen molar-refractivity contribution >= 4 is 104 Å². The largest absolute Gasteiger partial charge is 0.307 e. The fraction of sp³-hybridized carbons (Fsp3) is 0. The summed E-state index contributed by atoms with van der Waals surface area (Å²) in [5, 5.41) is 13.1. The lowest BCUT2D eigenvalue weighted by atomic mass is 10.0. The fourth-order valence-corrected chi connectivity index (χ4v) is 16.6. The van der Waals surface area contributed by atoms with Gasteiger partial charge in [0.25, 0.3) is 0 Å². The van der Waals surface area contributed by atoms with Gasteiger partial charge in [-0.3, -0.25) is 0 Å². The molecule has 0 radical (unpaired) electrons. The van der Waals surface area contributed by atoms with Gasteiger partial charge in [0.05, 0.1) is 27.8 Å². The smallest absolute Gasteiger partial charge is 0.179 e. The highest BCUT2D eigenvalue weighted by Crippen LogP contribution is 2.42. The number of rotatable bonds is 7. The van der Waals surface area contributed by atoms with Gasteiger partial charge in [-0.2, -0.15) is 0 Å². The Labute approximate surface area is 376 Å². The van der Waals surface area contributed by atoms with E-state index in [2.05, 4.69) is 252 Å². The molecule has 3 aromatic heterocycles. The lowest BCUT2D eigenvalue weighted by Crippen LogP contribution is -2.74. The Morgan fingerprint density at radius 1 is 0.297 bits per heavy atom. The third-order valence-electron chi connectivity index (χ3n) is 13.5. The molecule has 3 heterocycles. The Morgan fingerprint density at radius 2 is 0.781 bits per heavy atom. The maximum Gasteiger partial charge on any atom is 0.179 e. The summed E-state index contributed by atoms with van der Waals surface area (Å²) < 4.78 is 7.64. The van der Waals surface area contributed by atoms with E-state index in [4.69, 9.17) is 0 Å². The first-order valence-electron chi connectivity index (χ1n) is 22.0. The van der Waals surface area contributed by atoms with Crippen LogP contribution >= 0.6 is 11.3 Å². The molecule has 10 aromatic carbocycles. The molecule has 13 aromatic rings. The number of aromatic nitrogens is 2. The predicted molar refractivity (Wildman–Crippen MR) is 277 cm³/mol. The second-order valence-corrected chi connectivity index (χ2v) is 21.7. The van der Waals surface area contributed by atoms with Gasteiger partial charge in [-0.15, -0.1) is 11.3 Å². The standard InChI is InChI=1S/C60H40N2SSi/c1-4-17-44(18-5-1)64(45-19-6-2-7-20-45,46-21-8-3-9-22-46)47-35-33-43(34-36-47)61-54-27-13-10-23-48(54)52-26-16-29-57(60(52)61)62-55-28-14-11-24-49(55)53-39-41(32-38-56(53)62)42-31-37-51-50-25-12-15-30-58(50)63-59(51)40-42/h1-40H. The summed E-state index contributed by atoms with van der Waals surface area (Å²) in [4.78, 5) is 0. The molecular formula is C60H40N2SSi. The number of para-hydroxylation sites is 3. The SMILES string of the molecule is c1ccc([Si](c2ccccc2)(c2ccccc2)c2ccc(-n3c4ccccc4c4cccc(-n5c6ccccc6c6cc(-c7ccc8c(c7)sc7ccccc78)ccc65)c43)cc2)cc1. The van der Waals surface area contributed by atoms with E-state index in [-0.39, 0.29) is 0 Å². The Hall–Kier alpha value is -7.76. The maximum atomic E-state index is 2.50. The van der Waals surface area contributed by atoms with Crippen molar-refractivity contribution in [3.8, 4) is 22.5 Å². The van der Waals surface area contributed by atoms with Crippen LogP contribution in [0.1, 0.15) is 0 Å². The van der Waals surface area contributed by atoms with E-state index in [0.29, 0.717) is 0 Å². The number of nitrogens with zero attached hydrogens (tertiary/aromatic N) is 2. The van der Waals surface area contributed by atoms with Gasteiger partial charge in [0.1, 0.15) is 0 Å². The van der Waals surface area contributed by atoms with E-state index in [1.54, 1.807) is 0 Å². The van der Waals surface area contributed by atoms with Gasteiger partial charge in [0.2, 0.25) is 0 Å². The van der Waals surface area contributed by atoms with E-state index >= 15 is 0 Å². The van der Waals surface area contributed by atoms with Gasteiger partial charge in [-0.25, -0.2) is 0 Å². The molecule has 0 saturated carbocycles. The van der Waals surface area contributed by atoms with Crippen LogP contribution in [-0.2, 0) is 0 Å². The number of fused-ring (bicyclic) bond motifs is 9. The van der Waals surface area contributed by atoms with Crippen LogP contribution in [0, 0.1) is 0 Å². The Morgan fingerprint density at radius 3 is 1.45 bits per heavy atom. The topological polar surface area (TPSA) is 9.86 Å². The van der Waals surface area contributed by atoms with Crippen molar-refractivity contribution in [1.82, 2.24) is 9.13 Å². The quantitative estimate of drug-likeness (QED) is 0.112. The minimum atomic E-state index is -2.69. The van der Waals surface area contributed by atoms with Crippen LogP contribution in [-0.4, -0.2) is 17.2 Å². The third kappa shape index (κ3) is 5.50. The van der Waals surface area contributed by atoms with Crippen molar-refractivity contribution in [2.75, 3.05) is 0 Å². The van der Waals surface area contributed by atoms with E-state index in [1.165, 1.54) is 95.7 Å². The molecule has 0 fully saturated rings. The highest BCUT2D eigenvalue weighted by Gasteiger charge is 2.41. The van der Waals surface area contributed by atoms with Gasteiger partial charge in [-0.05, 0) is 86.5 Å². The van der Waals surface area contributed by atoms with E-state index in [9.17, 15) is 0 Å². The molecule has 64 heavy (non-hydrogen) atoms. The molecule has 0 aliphatic carbocycles. The molecule has 0 aliphatic rings. The predicted octanol–water partition coefficient (Wildman–Crippen LogP) is 13.3. The van der Waals surface area contributed by atoms with Crippen LogP contribution in [0.15, 0.2) is 243 Å². The van der Waals surface area contributed by atoms with Crippen LogP contribution in [0.3, 0.4) is 0 Å². The van der Waals surface area contributed by atoms with E-state index in [1.807, 2.05) is 11.3 Å². The highest BCUT2D eigenvalue weighted by molar-refractivity contribution is 7.25. The van der Waals surface area contributed by atoms with Crippen molar-refractivity contribution in [3.05, 3.63) is 243 Å². The zero-order valence-corrected chi connectivity index (χ0v) is 36.7. The lowest BCUT2D eigenvalue weighted by molar-refractivity contribution is 1.13. The normalized spacial score (nSPS) is 12.1. The van der Waals surface area contributed by atoms with Gasteiger partial charge in [-0.1, -0.05) is 188 Å². The van der Waals surface area contributed by atoms with Crippen molar-refractivity contribution < 1.29 is 0 Å².